The van der Waals surface area contributed by atoms with Crippen molar-refractivity contribution in [1.82, 2.24) is 0 Å². The zero-order valence-electron chi connectivity index (χ0n) is 20.3. The summed E-state index contributed by atoms with van der Waals surface area (Å²) in [5, 5.41) is 42.2. The topological polar surface area (TPSA) is 80.9 Å². The van der Waals surface area contributed by atoms with Gasteiger partial charge in [0, 0.05) is 6.61 Å². The first-order valence-corrected chi connectivity index (χ1v) is 13.3. The lowest BCUT2D eigenvalue weighted by Gasteiger charge is -2.62. The molecule has 4 N–H and O–H groups in total. The summed E-state index contributed by atoms with van der Waals surface area (Å²) in [5.74, 6) is 2.82. The molecule has 4 aliphatic carbocycles. The van der Waals surface area contributed by atoms with Crippen LogP contribution in [0.15, 0.2) is 0 Å². The van der Waals surface area contributed by atoms with Crippen molar-refractivity contribution in [3.05, 3.63) is 0 Å². The minimum atomic E-state index is -0.287. The summed E-state index contributed by atoms with van der Waals surface area (Å²) in [6, 6.07) is 0. The maximum Gasteiger partial charge on any atom is 0.0579 e. The average Bonchev–Trinajstić information content (AvgIpc) is 2.99. The molecule has 0 aromatic heterocycles. The fraction of sp³-hybridized carbons (Fsp3) is 1.00. The Morgan fingerprint density at radius 3 is 2.26 bits per heavy atom. The Balaban J connectivity index is 1.52. The molecule has 0 radical (unpaired) electrons. The van der Waals surface area contributed by atoms with Crippen LogP contribution in [-0.2, 0) is 0 Å². The predicted octanol–water partition coefficient (Wildman–Crippen LogP) is 4.38. The second-order valence-electron chi connectivity index (χ2n) is 12.8. The van der Waals surface area contributed by atoms with Gasteiger partial charge >= 0.3 is 0 Å². The van der Waals surface area contributed by atoms with Crippen LogP contribution in [0.1, 0.15) is 91.9 Å². The van der Waals surface area contributed by atoms with Crippen molar-refractivity contribution < 1.29 is 20.4 Å². The minimum absolute atomic E-state index is 0.112. The molecule has 0 unspecified atom stereocenters. The molecule has 180 valence electrons. The van der Waals surface area contributed by atoms with Gasteiger partial charge in [-0.25, -0.2) is 0 Å². The first-order chi connectivity index (χ1) is 14.6. The van der Waals surface area contributed by atoms with Gasteiger partial charge in [-0.3, -0.25) is 0 Å². The third kappa shape index (κ3) is 4.02. The van der Waals surface area contributed by atoms with Crippen molar-refractivity contribution in [3.8, 4) is 0 Å². The van der Waals surface area contributed by atoms with Gasteiger partial charge < -0.3 is 20.4 Å². The minimum Gasteiger partial charge on any atom is -0.396 e. The molecule has 4 saturated carbocycles. The first kappa shape index (κ1) is 24.0. The van der Waals surface area contributed by atoms with Gasteiger partial charge in [0.1, 0.15) is 0 Å². The highest BCUT2D eigenvalue weighted by Crippen LogP contribution is 2.68. The van der Waals surface area contributed by atoms with Gasteiger partial charge in [0.2, 0.25) is 0 Å². The van der Waals surface area contributed by atoms with E-state index < -0.39 is 0 Å². The zero-order valence-corrected chi connectivity index (χ0v) is 20.3. The van der Waals surface area contributed by atoms with E-state index in [1.165, 1.54) is 0 Å². The molecule has 0 heterocycles. The lowest BCUT2D eigenvalue weighted by Crippen LogP contribution is -2.58. The molecule has 4 nitrogen and oxygen atoms in total. The van der Waals surface area contributed by atoms with E-state index >= 15 is 0 Å². The Labute approximate surface area is 189 Å². The molecule has 4 rings (SSSR count). The number of fused-ring (bicyclic) bond motifs is 5. The number of aliphatic hydroxyl groups excluding tert-OH is 4. The molecule has 0 bridgehead atoms. The van der Waals surface area contributed by atoms with E-state index in [4.69, 9.17) is 0 Å². The van der Waals surface area contributed by atoms with Crippen LogP contribution in [0.4, 0.5) is 0 Å². The van der Waals surface area contributed by atoms with E-state index in [1.54, 1.807) is 0 Å². The molecule has 0 spiro atoms. The van der Waals surface area contributed by atoms with Gasteiger partial charge in [0.25, 0.3) is 0 Å². The number of aliphatic hydroxyl groups is 4. The molecule has 4 aliphatic rings. The van der Waals surface area contributed by atoms with Gasteiger partial charge in [-0.05, 0) is 104 Å². The third-order valence-electron chi connectivity index (χ3n) is 11.0. The average molecular weight is 437 g/mol. The van der Waals surface area contributed by atoms with Crippen LogP contribution in [0.25, 0.3) is 0 Å². The summed E-state index contributed by atoms with van der Waals surface area (Å²) >= 11 is 0. The van der Waals surface area contributed by atoms with Crippen molar-refractivity contribution in [1.29, 1.82) is 0 Å². The van der Waals surface area contributed by atoms with Crippen LogP contribution in [0, 0.1) is 52.3 Å². The summed E-state index contributed by atoms with van der Waals surface area (Å²) < 4.78 is 0. The SMILES string of the molecule is C[C@H](CO)CCC[C@@H](C)[C@H]1[C@H](O)C[C@@H]2[C@H]3[C@H](O)C[C@H]4C[C@H](O)CC[C@]4(C)[C@@H]3CC[C@]12C. The molecular weight excluding hydrogens is 388 g/mol. The van der Waals surface area contributed by atoms with Crippen molar-refractivity contribution in [2.45, 2.75) is 110 Å². The molecule has 4 heteroatoms. The highest BCUT2D eigenvalue weighted by Gasteiger charge is 2.64. The molecule has 0 aromatic carbocycles. The van der Waals surface area contributed by atoms with E-state index in [0.29, 0.717) is 41.4 Å². The van der Waals surface area contributed by atoms with Crippen LogP contribution in [0.3, 0.4) is 0 Å². The summed E-state index contributed by atoms with van der Waals surface area (Å²) in [6.45, 7) is 9.57. The molecule has 0 saturated heterocycles. The second-order valence-corrected chi connectivity index (χ2v) is 12.8. The third-order valence-corrected chi connectivity index (χ3v) is 11.0. The Morgan fingerprint density at radius 1 is 0.839 bits per heavy atom. The highest BCUT2D eigenvalue weighted by atomic mass is 16.3. The highest BCUT2D eigenvalue weighted by molar-refractivity contribution is 5.13. The van der Waals surface area contributed by atoms with Crippen molar-refractivity contribution in [2.75, 3.05) is 6.61 Å². The van der Waals surface area contributed by atoms with Crippen LogP contribution in [0.2, 0.25) is 0 Å². The standard InChI is InChI=1S/C27H48O4/c1-16(15-28)6-5-7-17(2)25-23(31)14-21-24-20(9-11-27(21,25)4)26(3)10-8-19(29)12-18(26)13-22(24)30/h16-25,28-31H,5-15H2,1-4H3/t16-,17+,18+,19+,20+,21+,22+,23+,24-,25-,26-,27-/m0/s1. The Bertz CT molecular complexity index is 624. The fourth-order valence-electron chi connectivity index (χ4n) is 9.34. The van der Waals surface area contributed by atoms with E-state index in [-0.39, 0.29) is 35.7 Å². The zero-order chi connectivity index (χ0) is 22.6. The summed E-state index contributed by atoms with van der Waals surface area (Å²) in [5.41, 5.74) is 0.348. The van der Waals surface area contributed by atoms with Gasteiger partial charge in [-0.15, -0.1) is 0 Å². The Morgan fingerprint density at radius 2 is 1.55 bits per heavy atom. The lowest BCUT2D eigenvalue weighted by atomic mass is 9.43. The van der Waals surface area contributed by atoms with Gasteiger partial charge in [0.15, 0.2) is 0 Å². The van der Waals surface area contributed by atoms with Crippen molar-refractivity contribution in [3.63, 3.8) is 0 Å². The molecule has 0 aliphatic heterocycles. The van der Waals surface area contributed by atoms with Gasteiger partial charge in [0.05, 0.1) is 18.3 Å². The molecule has 0 amide bonds. The maximum absolute atomic E-state index is 11.4. The molecule has 12 atom stereocenters. The monoisotopic (exact) mass is 436 g/mol. The lowest BCUT2D eigenvalue weighted by molar-refractivity contribution is -0.174. The van der Waals surface area contributed by atoms with E-state index in [0.717, 1.165) is 64.2 Å². The first-order valence-electron chi connectivity index (χ1n) is 13.3. The summed E-state index contributed by atoms with van der Waals surface area (Å²) in [4.78, 5) is 0. The van der Waals surface area contributed by atoms with Crippen molar-refractivity contribution >= 4 is 0 Å². The van der Waals surface area contributed by atoms with Gasteiger partial charge in [-0.2, -0.15) is 0 Å². The fourth-order valence-corrected chi connectivity index (χ4v) is 9.34. The normalized spacial score (nSPS) is 51.5. The maximum atomic E-state index is 11.4. The smallest absolute Gasteiger partial charge is 0.0579 e. The summed E-state index contributed by atoms with van der Waals surface area (Å²) in [7, 11) is 0. The predicted molar refractivity (Wildman–Crippen MR) is 123 cm³/mol. The number of rotatable bonds is 6. The second kappa shape index (κ2) is 8.89. The quantitative estimate of drug-likeness (QED) is 0.498. The molecule has 0 aromatic rings. The number of hydrogen-bond acceptors (Lipinski definition) is 4. The molecule has 4 fully saturated rings. The Hall–Kier alpha value is -0.160. The van der Waals surface area contributed by atoms with Crippen LogP contribution in [-0.4, -0.2) is 45.3 Å². The van der Waals surface area contributed by atoms with E-state index in [9.17, 15) is 20.4 Å². The van der Waals surface area contributed by atoms with Crippen LogP contribution in [0.5, 0.6) is 0 Å². The molecular formula is C27H48O4. The molecule has 31 heavy (non-hydrogen) atoms. The van der Waals surface area contributed by atoms with E-state index in [2.05, 4.69) is 27.7 Å². The largest absolute Gasteiger partial charge is 0.396 e. The van der Waals surface area contributed by atoms with E-state index in [1.807, 2.05) is 0 Å². The summed E-state index contributed by atoms with van der Waals surface area (Å²) in [6.07, 6.45) is 9.39. The van der Waals surface area contributed by atoms with Gasteiger partial charge in [-0.1, -0.05) is 40.5 Å². The van der Waals surface area contributed by atoms with Crippen LogP contribution >= 0.6 is 0 Å². The van der Waals surface area contributed by atoms with Crippen molar-refractivity contribution in [2.24, 2.45) is 52.3 Å². The Kier molecular flexibility index (Phi) is 6.88. The number of hydrogen-bond donors (Lipinski definition) is 4. The van der Waals surface area contributed by atoms with Crippen LogP contribution < -0.4 is 0 Å².